The molecule has 76 valence electrons. The van der Waals surface area contributed by atoms with Crippen LogP contribution in [0.1, 0.15) is 27.9 Å². The Morgan fingerprint density at radius 2 is 2.07 bits per heavy atom. The number of aromatic amines is 1. The van der Waals surface area contributed by atoms with Crippen LogP contribution in [-0.2, 0) is 0 Å². The van der Waals surface area contributed by atoms with Gasteiger partial charge in [-0.25, -0.2) is 0 Å². The number of amides is 1. The van der Waals surface area contributed by atoms with Crippen LogP contribution in [0, 0.1) is 0 Å². The fraction of sp³-hybridized carbons (Fsp3) is 0.333. The summed E-state index contributed by atoms with van der Waals surface area (Å²) in [5, 5.41) is 10.9. The molecule has 0 spiro atoms. The normalized spacial score (nSPS) is 9.86. The van der Waals surface area contributed by atoms with E-state index in [9.17, 15) is 9.59 Å². The van der Waals surface area contributed by atoms with Crippen molar-refractivity contribution in [2.45, 2.75) is 6.92 Å². The lowest BCUT2D eigenvalue weighted by Crippen LogP contribution is -2.26. The van der Waals surface area contributed by atoms with E-state index in [0.29, 0.717) is 11.4 Å². The fourth-order valence-electron chi connectivity index (χ4n) is 0.998. The molecular weight excluding hydrogens is 184 g/mol. The molecule has 0 saturated heterocycles. The topological polar surface area (TPSA) is 82.2 Å². The summed E-state index contributed by atoms with van der Waals surface area (Å²) < 4.78 is 0. The first kappa shape index (κ1) is 10.5. The molecule has 0 radical (unpaired) electrons. The van der Waals surface area contributed by atoms with Crippen LogP contribution in [0.25, 0.3) is 0 Å². The Balaban J connectivity index is 2.66. The molecule has 3 N–H and O–H groups in total. The molecule has 0 bridgehead atoms. The summed E-state index contributed by atoms with van der Waals surface area (Å²) in [6.45, 7) is 1.51. The molecule has 0 aliphatic heterocycles. The number of Topliss-reactive ketones (excluding diaryl/α,β-unsaturated/α-hetero) is 1. The standard InChI is InChI=1S/C9H12N2O3/c1-6(13)7-2-3-8(11-7)9(14)10-4-5-12/h2-3,11-12H,4-5H2,1H3,(H,10,14). The molecule has 5 heteroatoms. The van der Waals surface area contributed by atoms with Crippen LogP contribution >= 0.6 is 0 Å². The van der Waals surface area contributed by atoms with Gasteiger partial charge in [0.1, 0.15) is 5.69 Å². The van der Waals surface area contributed by atoms with Gasteiger partial charge in [-0.15, -0.1) is 0 Å². The highest BCUT2D eigenvalue weighted by atomic mass is 16.3. The van der Waals surface area contributed by atoms with Crippen LogP contribution in [0.5, 0.6) is 0 Å². The third kappa shape index (κ3) is 2.43. The molecule has 0 aromatic carbocycles. The lowest BCUT2D eigenvalue weighted by atomic mass is 10.3. The molecule has 1 rings (SSSR count). The molecule has 0 fully saturated rings. The molecule has 0 aliphatic rings. The maximum absolute atomic E-state index is 11.3. The molecule has 1 aromatic heterocycles. The Morgan fingerprint density at radius 3 is 2.57 bits per heavy atom. The Morgan fingerprint density at radius 1 is 1.43 bits per heavy atom. The number of hydrogen-bond donors (Lipinski definition) is 3. The predicted octanol–water partition coefficient (Wildman–Crippen LogP) is -0.0606. The second-order valence-corrected chi connectivity index (χ2v) is 2.82. The monoisotopic (exact) mass is 196 g/mol. The number of nitrogens with one attached hydrogen (secondary N) is 2. The minimum Gasteiger partial charge on any atom is -0.395 e. The number of aliphatic hydroxyl groups excluding tert-OH is 1. The molecule has 1 amide bonds. The zero-order valence-corrected chi connectivity index (χ0v) is 7.83. The Bertz CT molecular complexity index is 344. The molecule has 1 heterocycles. The second-order valence-electron chi connectivity index (χ2n) is 2.82. The predicted molar refractivity (Wildman–Crippen MR) is 50.2 cm³/mol. The van der Waals surface area contributed by atoms with Gasteiger partial charge in [-0.2, -0.15) is 0 Å². The maximum Gasteiger partial charge on any atom is 0.267 e. The lowest BCUT2D eigenvalue weighted by molar-refractivity contribution is 0.0940. The van der Waals surface area contributed by atoms with Gasteiger partial charge >= 0.3 is 0 Å². The lowest BCUT2D eigenvalue weighted by Gasteiger charge is -1.99. The van der Waals surface area contributed by atoms with E-state index in [2.05, 4.69) is 10.3 Å². The number of rotatable bonds is 4. The number of hydrogen-bond acceptors (Lipinski definition) is 3. The van der Waals surface area contributed by atoms with Crippen molar-refractivity contribution < 1.29 is 14.7 Å². The first-order valence-corrected chi connectivity index (χ1v) is 4.24. The van der Waals surface area contributed by atoms with E-state index in [4.69, 9.17) is 5.11 Å². The number of ketones is 1. The zero-order chi connectivity index (χ0) is 10.6. The van der Waals surface area contributed by atoms with E-state index in [1.54, 1.807) is 6.07 Å². The second kappa shape index (κ2) is 4.57. The van der Waals surface area contributed by atoms with Crippen LogP contribution in [0.15, 0.2) is 12.1 Å². The van der Waals surface area contributed by atoms with Gasteiger partial charge in [0.15, 0.2) is 5.78 Å². The summed E-state index contributed by atoms with van der Waals surface area (Å²) in [6, 6.07) is 3.08. The first-order chi connectivity index (χ1) is 6.65. The molecule has 14 heavy (non-hydrogen) atoms. The van der Waals surface area contributed by atoms with Gasteiger partial charge in [-0.05, 0) is 12.1 Å². The van der Waals surface area contributed by atoms with Crippen molar-refractivity contribution in [2.24, 2.45) is 0 Å². The summed E-state index contributed by atoms with van der Waals surface area (Å²) in [6.07, 6.45) is 0. The summed E-state index contributed by atoms with van der Waals surface area (Å²) in [5.41, 5.74) is 0.725. The average molecular weight is 196 g/mol. The van der Waals surface area contributed by atoms with Gasteiger partial charge in [-0.3, -0.25) is 9.59 Å². The average Bonchev–Trinajstić information content (AvgIpc) is 2.62. The van der Waals surface area contributed by atoms with Crippen LogP contribution in [-0.4, -0.2) is 34.9 Å². The SMILES string of the molecule is CC(=O)c1ccc(C(=O)NCCO)[nH]1. The van der Waals surface area contributed by atoms with Crippen molar-refractivity contribution in [3.8, 4) is 0 Å². The van der Waals surface area contributed by atoms with Gasteiger partial charge in [0.25, 0.3) is 5.91 Å². The highest BCUT2D eigenvalue weighted by Crippen LogP contribution is 2.02. The van der Waals surface area contributed by atoms with Gasteiger partial charge < -0.3 is 15.4 Å². The van der Waals surface area contributed by atoms with Crippen molar-refractivity contribution in [1.82, 2.24) is 10.3 Å². The highest BCUT2D eigenvalue weighted by molar-refractivity contribution is 5.97. The Kier molecular flexibility index (Phi) is 3.41. The van der Waals surface area contributed by atoms with E-state index < -0.39 is 0 Å². The number of aliphatic hydroxyl groups is 1. The number of aromatic nitrogens is 1. The maximum atomic E-state index is 11.3. The third-order valence-corrected chi connectivity index (χ3v) is 1.71. The van der Waals surface area contributed by atoms with E-state index >= 15 is 0 Å². The first-order valence-electron chi connectivity index (χ1n) is 4.24. The minimum absolute atomic E-state index is 0.105. The summed E-state index contributed by atoms with van der Waals surface area (Å²) in [5.74, 6) is -0.447. The number of H-pyrrole nitrogens is 1. The smallest absolute Gasteiger partial charge is 0.267 e. The summed E-state index contributed by atoms with van der Waals surface area (Å²) in [4.78, 5) is 24.8. The molecule has 5 nitrogen and oxygen atoms in total. The molecular formula is C9H12N2O3. The zero-order valence-electron chi connectivity index (χ0n) is 7.83. The molecule has 0 aliphatic carbocycles. The van der Waals surface area contributed by atoms with Crippen LogP contribution in [0.4, 0.5) is 0 Å². The van der Waals surface area contributed by atoms with Gasteiger partial charge in [-0.1, -0.05) is 0 Å². The highest BCUT2D eigenvalue weighted by Gasteiger charge is 2.08. The van der Waals surface area contributed by atoms with E-state index in [1.165, 1.54) is 13.0 Å². The van der Waals surface area contributed by atoms with Crippen LogP contribution in [0.2, 0.25) is 0 Å². The quantitative estimate of drug-likeness (QED) is 0.590. The number of carbonyl (C=O) groups excluding carboxylic acids is 2. The van der Waals surface area contributed by atoms with Crippen LogP contribution < -0.4 is 5.32 Å². The molecule has 0 unspecified atom stereocenters. The van der Waals surface area contributed by atoms with E-state index in [0.717, 1.165) is 0 Å². The Hall–Kier alpha value is -1.62. The summed E-state index contributed by atoms with van der Waals surface area (Å²) in [7, 11) is 0. The largest absolute Gasteiger partial charge is 0.395 e. The third-order valence-electron chi connectivity index (χ3n) is 1.71. The Labute approximate surface area is 81.1 Å². The number of carbonyl (C=O) groups is 2. The van der Waals surface area contributed by atoms with Gasteiger partial charge in [0.05, 0.1) is 12.3 Å². The van der Waals surface area contributed by atoms with Crippen LogP contribution in [0.3, 0.4) is 0 Å². The molecule has 0 atom stereocenters. The molecule has 0 saturated carbocycles. The van der Waals surface area contributed by atoms with E-state index in [1.807, 2.05) is 0 Å². The van der Waals surface area contributed by atoms with E-state index in [-0.39, 0.29) is 24.8 Å². The fourth-order valence-corrected chi connectivity index (χ4v) is 0.998. The van der Waals surface area contributed by atoms with Crippen molar-refractivity contribution in [3.05, 3.63) is 23.5 Å². The minimum atomic E-state index is -0.327. The van der Waals surface area contributed by atoms with Gasteiger partial charge in [0, 0.05) is 13.5 Å². The van der Waals surface area contributed by atoms with Crippen molar-refractivity contribution in [2.75, 3.05) is 13.2 Å². The van der Waals surface area contributed by atoms with Crippen molar-refractivity contribution in [3.63, 3.8) is 0 Å². The van der Waals surface area contributed by atoms with Gasteiger partial charge in [0.2, 0.25) is 0 Å². The van der Waals surface area contributed by atoms with Crippen molar-refractivity contribution in [1.29, 1.82) is 0 Å². The summed E-state index contributed by atoms with van der Waals surface area (Å²) >= 11 is 0. The van der Waals surface area contributed by atoms with Crippen molar-refractivity contribution >= 4 is 11.7 Å². The molecule has 1 aromatic rings.